The average molecular weight is 337 g/mol. The highest BCUT2D eigenvalue weighted by Crippen LogP contribution is 2.27. The molecule has 1 atom stereocenters. The molecule has 0 aliphatic carbocycles. The normalized spacial score (nSPS) is 21.4. The predicted octanol–water partition coefficient (Wildman–Crippen LogP) is 1.62. The first-order valence-corrected chi connectivity index (χ1v) is 7.77. The van der Waals surface area contributed by atoms with E-state index in [1.54, 1.807) is 6.92 Å². The van der Waals surface area contributed by atoms with Gasteiger partial charge in [0.1, 0.15) is 5.82 Å². The Hall–Kier alpha value is -0.500. The van der Waals surface area contributed by atoms with Gasteiger partial charge in [-0.1, -0.05) is 0 Å². The van der Waals surface area contributed by atoms with Crippen molar-refractivity contribution in [2.45, 2.75) is 24.3 Å². The largest absolute Gasteiger partial charge is 0.326 e. The molecule has 1 saturated heterocycles. The third-order valence-electron chi connectivity index (χ3n) is 3.02. The zero-order valence-electron chi connectivity index (χ0n) is 9.86. The van der Waals surface area contributed by atoms with E-state index >= 15 is 0 Å². The van der Waals surface area contributed by atoms with E-state index in [1.165, 1.54) is 16.4 Å². The Balaban J connectivity index is 2.45. The van der Waals surface area contributed by atoms with Gasteiger partial charge in [-0.15, -0.1) is 0 Å². The molecule has 2 rings (SSSR count). The standard InChI is InChI=1S/C11H14BrFN2O2S/c1-7-4-10(13)9(12)5-11(7)18(16,17)15-3-2-8(14)6-15/h4-5,8H,2-3,6,14H2,1H3/t8-/m1/s1. The fourth-order valence-corrected chi connectivity index (χ4v) is 4.26. The molecule has 0 aromatic heterocycles. The molecule has 1 fully saturated rings. The van der Waals surface area contributed by atoms with Crippen molar-refractivity contribution in [2.24, 2.45) is 5.73 Å². The first kappa shape index (κ1) is 13.9. The molecule has 1 aliphatic rings. The summed E-state index contributed by atoms with van der Waals surface area (Å²) >= 11 is 3.01. The molecule has 1 heterocycles. The highest BCUT2D eigenvalue weighted by atomic mass is 79.9. The maximum Gasteiger partial charge on any atom is 0.243 e. The number of nitrogens with zero attached hydrogens (tertiary/aromatic N) is 1. The first-order valence-electron chi connectivity index (χ1n) is 5.53. The molecule has 0 saturated carbocycles. The van der Waals surface area contributed by atoms with E-state index in [-0.39, 0.29) is 15.4 Å². The van der Waals surface area contributed by atoms with Gasteiger partial charge in [-0.25, -0.2) is 12.8 Å². The molecule has 0 radical (unpaired) electrons. The predicted molar refractivity (Wildman–Crippen MR) is 70.2 cm³/mol. The molecular weight excluding hydrogens is 323 g/mol. The van der Waals surface area contributed by atoms with Crippen LogP contribution < -0.4 is 5.73 Å². The van der Waals surface area contributed by atoms with Gasteiger partial charge in [-0.05, 0) is 47.0 Å². The van der Waals surface area contributed by atoms with Crippen LogP contribution in [0.3, 0.4) is 0 Å². The molecule has 1 aliphatic heterocycles. The number of rotatable bonds is 2. The van der Waals surface area contributed by atoms with Crippen LogP contribution in [0, 0.1) is 12.7 Å². The van der Waals surface area contributed by atoms with Crippen molar-refractivity contribution >= 4 is 26.0 Å². The van der Waals surface area contributed by atoms with E-state index in [1.807, 2.05) is 0 Å². The third-order valence-corrected chi connectivity index (χ3v) is 5.64. The molecule has 1 aromatic carbocycles. The van der Waals surface area contributed by atoms with Gasteiger partial charge in [0.15, 0.2) is 0 Å². The lowest BCUT2D eigenvalue weighted by Crippen LogP contribution is -2.32. The summed E-state index contributed by atoms with van der Waals surface area (Å²) in [5, 5.41) is 0. The number of halogens is 2. The van der Waals surface area contributed by atoms with Gasteiger partial charge in [0, 0.05) is 19.1 Å². The van der Waals surface area contributed by atoms with E-state index in [2.05, 4.69) is 15.9 Å². The van der Waals surface area contributed by atoms with Crippen molar-refractivity contribution in [3.63, 3.8) is 0 Å². The van der Waals surface area contributed by atoms with E-state index in [9.17, 15) is 12.8 Å². The maximum absolute atomic E-state index is 13.3. The van der Waals surface area contributed by atoms with Gasteiger partial charge in [0.2, 0.25) is 10.0 Å². The van der Waals surface area contributed by atoms with E-state index in [0.29, 0.717) is 25.1 Å². The fraction of sp³-hybridized carbons (Fsp3) is 0.455. The third kappa shape index (κ3) is 2.45. The van der Waals surface area contributed by atoms with E-state index in [0.717, 1.165) is 0 Å². The van der Waals surface area contributed by atoms with Gasteiger partial charge in [-0.2, -0.15) is 4.31 Å². The minimum atomic E-state index is -3.58. The van der Waals surface area contributed by atoms with Gasteiger partial charge in [0.05, 0.1) is 9.37 Å². The fourth-order valence-electron chi connectivity index (χ4n) is 2.02. The van der Waals surface area contributed by atoms with E-state index in [4.69, 9.17) is 5.73 Å². The van der Waals surface area contributed by atoms with Gasteiger partial charge in [0.25, 0.3) is 0 Å². The van der Waals surface area contributed by atoms with Crippen molar-refractivity contribution in [2.75, 3.05) is 13.1 Å². The smallest absolute Gasteiger partial charge is 0.243 e. The molecule has 0 amide bonds. The van der Waals surface area contributed by atoms with Crippen LogP contribution in [0.15, 0.2) is 21.5 Å². The Morgan fingerprint density at radius 3 is 2.72 bits per heavy atom. The second kappa shape index (κ2) is 4.88. The molecule has 0 unspecified atom stereocenters. The van der Waals surface area contributed by atoms with Crippen LogP contribution in [0.5, 0.6) is 0 Å². The minimum Gasteiger partial charge on any atom is -0.326 e. The van der Waals surface area contributed by atoms with Crippen LogP contribution in [-0.4, -0.2) is 31.9 Å². The topological polar surface area (TPSA) is 63.4 Å². The lowest BCUT2D eigenvalue weighted by molar-refractivity contribution is 0.471. The van der Waals surface area contributed by atoms with Gasteiger partial charge in [-0.3, -0.25) is 0 Å². The molecule has 0 spiro atoms. The molecular formula is C11H14BrFN2O2S. The molecule has 4 nitrogen and oxygen atoms in total. The molecule has 18 heavy (non-hydrogen) atoms. The molecule has 100 valence electrons. The van der Waals surface area contributed by atoms with Crippen molar-refractivity contribution in [3.05, 3.63) is 28.0 Å². The SMILES string of the molecule is Cc1cc(F)c(Br)cc1S(=O)(=O)N1CC[C@@H](N)C1. The molecule has 0 bridgehead atoms. The van der Waals surface area contributed by atoms with Crippen LogP contribution in [0.1, 0.15) is 12.0 Å². The van der Waals surface area contributed by atoms with Crippen LogP contribution in [-0.2, 0) is 10.0 Å². The lowest BCUT2D eigenvalue weighted by Gasteiger charge is -2.17. The second-order valence-electron chi connectivity index (χ2n) is 4.44. The number of aryl methyl sites for hydroxylation is 1. The van der Waals surface area contributed by atoms with E-state index < -0.39 is 15.8 Å². The van der Waals surface area contributed by atoms with Crippen molar-refractivity contribution in [3.8, 4) is 0 Å². The van der Waals surface area contributed by atoms with Crippen molar-refractivity contribution in [1.82, 2.24) is 4.31 Å². The van der Waals surface area contributed by atoms with Crippen molar-refractivity contribution in [1.29, 1.82) is 0 Å². The Labute approximate surface area is 114 Å². The second-order valence-corrected chi connectivity index (χ2v) is 7.20. The lowest BCUT2D eigenvalue weighted by atomic mass is 10.2. The Kier molecular flexibility index (Phi) is 3.77. The zero-order valence-corrected chi connectivity index (χ0v) is 12.3. The van der Waals surface area contributed by atoms with Crippen LogP contribution in [0.4, 0.5) is 4.39 Å². The van der Waals surface area contributed by atoms with Gasteiger partial charge >= 0.3 is 0 Å². The first-order chi connectivity index (χ1) is 8.32. The quantitative estimate of drug-likeness (QED) is 0.892. The summed E-state index contributed by atoms with van der Waals surface area (Å²) in [7, 11) is -3.58. The van der Waals surface area contributed by atoms with Crippen LogP contribution in [0.25, 0.3) is 0 Å². The summed E-state index contributed by atoms with van der Waals surface area (Å²) in [6, 6.07) is 2.40. The summed E-state index contributed by atoms with van der Waals surface area (Å²) < 4.78 is 39.6. The zero-order chi connectivity index (χ0) is 13.5. The summed E-state index contributed by atoms with van der Waals surface area (Å²) in [6.07, 6.45) is 0.653. The average Bonchev–Trinajstić information content (AvgIpc) is 2.70. The number of hydrogen-bond acceptors (Lipinski definition) is 3. The van der Waals surface area contributed by atoms with Crippen LogP contribution in [0.2, 0.25) is 0 Å². The number of hydrogen-bond donors (Lipinski definition) is 1. The molecule has 7 heteroatoms. The number of nitrogens with two attached hydrogens (primary N) is 1. The van der Waals surface area contributed by atoms with Gasteiger partial charge < -0.3 is 5.73 Å². The number of benzene rings is 1. The summed E-state index contributed by atoms with van der Waals surface area (Å²) in [5.74, 6) is -0.468. The minimum absolute atomic E-state index is 0.121. The van der Waals surface area contributed by atoms with Crippen molar-refractivity contribution < 1.29 is 12.8 Å². The maximum atomic E-state index is 13.3. The van der Waals surface area contributed by atoms with Crippen LogP contribution >= 0.6 is 15.9 Å². The summed E-state index contributed by atoms with van der Waals surface area (Å²) in [4.78, 5) is 0.130. The monoisotopic (exact) mass is 336 g/mol. The highest BCUT2D eigenvalue weighted by molar-refractivity contribution is 9.10. The summed E-state index contributed by atoms with van der Waals surface area (Å²) in [6.45, 7) is 2.31. The molecule has 2 N–H and O–H groups in total. The summed E-state index contributed by atoms with van der Waals surface area (Å²) in [5.41, 5.74) is 6.12. The Bertz CT molecular complexity index is 577. The Morgan fingerprint density at radius 1 is 1.50 bits per heavy atom. The highest BCUT2D eigenvalue weighted by Gasteiger charge is 2.32. The Morgan fingerprint density at radius 2 is 2.17 bits per heavy atom. The number of sulfonamides is 1. The molecule has 1 aromatic rings.